The molecule has 0 spiro atoms. The molecule has 2 aliphatic rings. The van der Waals surface area contributed by atoms with E-state index in [4.69, 9.17) is 18.9 Å². The summed E-state index contributed by atoms with van der Waals surface area (Å²) < 4.78 is 22.4. The summed E-state index contributed by atoms with van der Waals surface area (Å²) in [5.41, 5.74) is 2.38. The zero-order valence-corrected chi connectivity index (χ0v) is 15.9. The van der Waals surface area contributed by atoms with E-state index >= 15 is 0 Å². The van der Waals surface area contributed by atoms with Gasteiger partial charge in [-0.05, 0) is 43.4 Å². The molecule has 1 aliphatic heterocycles. The number of fused-ring (bicyclic) bond motifs is 1. The van der Waals surface area contributed by atoms with Crippen molar-refractivity contribution in [2.45, 2.75) is 56.6 Å². The smallest absolute Gasteiger partial charge is 0.124 e. The quantitative estimate of drug-likeness (QED) is 0.757. The molecule has 2 fully saturated rings. The molecule has 140 valence electrons. The molecule has 0 N–H and O–H groups in total. The average molecular weight is 349 g/mol. The number of likely N-dealkylation sites (tertiary alicyclic amines) is 1. The third-order valence-corrected chi connectivity index (χ3v) is 6.02. The van der Waals surface area contributed by atoms with Gasteiger partial charge in [-0.2, -0.15) is 0 Å². The van der Waals surface area contributed by atoms with Crippen LogP contribution in [0.15, 0.2) is 18.2 Å². The first-order valence-corrected chi connectivity index (χ1v) is 9.12. The Morgan fingerprint density at radius 3 is 2.68 bits per heavy atom. The fourth-order valence-electron chi connectivity index (χ4n) is 4.59. The van der Waals surface area contributed by atoms with E-state index in [1.165, 1.54) is 5.56 Å². The largest absolute Gasteiger partial charge is 0.496 e. The second-order valence-electron chi connectivity index (χ2n) is 7.22. The van der Waals surface area contributed by atoms with E-state index in [2.05, 4.69) is 17.0 Å². The first-order valence-electron chi connectivity index (χ1n) is 9.12. The fourth-order valence-corrected chi connectivity index (χ4v) is 4.59. The van der Waals surface area contributed by atoms with Crippen molar-refractivity contribution >= 4 is 0 Å². The maximum absolute atomic E-state index is 6.03. The van der Waals surface area contributed by atoms with Crippen molar-refractivity contribution in [2.24, 2.45) is 0 Å². The minimum atomic E-state index is -0.00312. The van der Waals surface area contributed by atoms with Crippen LogP contribution in [-0.2, 0) is 27.4 Å². The van der Waals surface area contributed by atoms with Crippen LogP contribution in [0, 0.1) is 0 Å². The predicted octanol–water partition coefficient (Wildman–Crippen LogP) is 3.00. The molecule has 1 aliphatic carbocycles. The summed E-state index contributed by atoms with van der Waals surface area (Å²) in [6.07, 6.45) is 4.67. The van der Waals surface area contributed by atoms with E-state index in [0.717, 1.165) is 50.1 Å². The van der Waals surface area contributed by atoms with Crippen LogP contribution in [0.25, 0.3) is 0 Å². The van der Waals surface area contributed by atoms with Gasteiger partial charge in [0, 0.05) is 46.0 Å². The Kier molecular flexibility index (Phi) is 6.00. The van der Waals surface area contributed by atoms with E-state index in [1.807, 2.05) is 20.3 Å². The lowest BCUT2D eigenvalue weighted by Crippen LogP contribution is -2.51. The van der Waals surface area contributed by atoms with Crippen molar-refractivity contribution in [1.29, 1.82) is 0 Å². The summed E-state index contributed by atoms with van der Waals surface area (Å²) in [7, 11) is 7.11. The molecular formula is C20H31NO4. The third-order valence-electron chi connectivity index (χ3n) is 6.02. The normalized spacial score (nSPS) is 29.6. The van der Waals surface area contributed by atoms with Gasteiger partial charge in [-0.1, -0.05) is 6.07 Å². The second kappa shape index (κ2) is 8.04. The van der Waals surface area contributed by atoms with Gasteiger partial charge in [0.05, 0.1) is 25.4 Å². The van der Waals surface area contributed by atoms with Gasteiger partial charge in [0.1, 0.15) is 5.75 Å². The Hall–Kier alpha value is -1.14. The Labute approximate surface area is 151 Å². The molecule has 0 unspecified atom stereocenters. The second-order valence-corrected chi connectivity index (χ2v) is 7.22. The number of benzene rings is 1. The molecule has 25 heavy (non-hydrogen) atoms. The third kappa shape index (κ3) is 3.70. The average Bonchev–Trinajstić information content (AvgIpc) is 3.00. The summed E-state index contributed by atoms with van der Waals surface area (Å²) in [5.74, 6) is 0.885. The van der Waals surface area contributed by atoms with Crippen molar-refractivity contribution in [2.75, 3.05) is 35.0 Å². The first kappa shape index (κ1) is 18.6. The Balaban J connectivity index is 1.77. The Bertz CT molecular complexity index is 579. The highest BCUT2D eigenvalue weighted by Crippen LogP contribution is 2.43. The lowest BCUT2D eigenvalue weighted by atomic mass is 9.79. The molecule has 5 nitrogen and oxygen atoms in total. The molecule has 3 atom stereocenters. The first-order chi connectivity index (χ1) is 12.2. The molecule has 0 aromatic heterocycles. The van der Waals surface area contributed by atoms with Gasteiger partial charge in [-0.15, -0.1) is 0 Å². The molecule has 3 rings (SSSR count). The number of hydrogen-bond acceptors (Lipinski definition) is 5. The van der Waals surface area contributed by atoms with E-state index in [0.29, 0.717) is 18.8 Å². The minimum Gasteiger partial charge on any atom is -0.496 e. The lowest BCUT2D eigenvalue weighted by Gasteiger charge is -2.43. The van der Waals surface area contributed by atoms with Crippen LogP contribution in [-0.4, -0.2) is 57.6 Å². The van der Waals surface area contributed by atoms with Gasteiger partial charge < -0.3 is 18.9 Å². The molecule has 1 aromatic rings. The molecular weight excluding hydrogens is 318 g/mol. The molecule has 1 heterocycles. The molecule has 1 saturated carbocycles. The van der Waals surface area contributed by atoms with Crippen LogP contribution < -0.4 is 4.74 Å². The summed E-state index contributed by atoms with van der Waals surface area (Å²) in [4.78, 5) is 2.56. The Morgan fingerprint density at radius 1 is 1.16 bits per heavy atom. The van der Waals surface area contributed by atoms with Crippen molar-refractivity contribution in [3.63, 3.8) is 0 Å². The number of methoxy groups -OCH3 is 4. The molecule has 0 bridgehead atoms. The zero-order valence-electron chi connectivity index (χ0n) is 15.9. The van der Waals surface area contributed by atoms with Crippen LogP contribution in [0.3, 0.4) is 0 Å². The van der Waals surface area contributed by atoms with Crippen LogP contribution in [0.2, 0.25) is 0 Å². The summed E-state index contributed by atoms with van der Waals surface area (Å²) >= 11 is 0. The minimum absolute atomic E-state index is 0.00312. The molecule has 1 saturated heterocycles. The fraction of sp³-hybridized carbons (Fsp3) is 0.700. The van der Waals surface area contributed by atoms with Gasteiger partial charge in [0.25, 0.3) is 0 Å². The molecule has 5 heteroatoms. The number of hydrogen-bond donors (Lipinski definition) is 0. The highest BCUT2D eigenvalue weighted by Gasteiger charge is 2.50. The number of nitrogens with zero attached hydrogens (tertiary/aromatic N) is 1. The number of ether oxygens (including phenoxy) is 4. The Morgan fingerprint density at radius 2 is 2.00 bits per heavy atom. The van der Waals surface area contributed by atoms with E-state index in [-0.39, 0.29) is 5.60 Å². The van der Waals surface area contributed by atoms with E-state index < -0.39 is 0 Å². The van der Waals surface area contributed by atoms with Crippen molar-refractivity contribution in [3.8, 4) is 5.75 Å². The standard InChI is InChI=1S/C20H31NO4/c1-22-14-16-11-15(5-6-18(16)24-3)13-21-10-9-20(25-4)8-7-17(23-2)12-19(20)21/h5-6,11,17,19H,7-10,12-14H2,1-4H3/t17-,19+,20-/m1/s1. The maximum atomic E-state index is 6.03. The van der Waals surface area contributed by atoms with Crippen LogP contribution in [0.4, 0.5) is 0 Å². The molecule has 0 radical (unpaired) electrons. The van der Waals surface area contributed by atoms with Crippen molar-refractivity contribution in [3.05, 3.63) is 29.3 Å². The van der Waals surface area contributed by atoms with Gasteiger partial charge in [-0.25, -0.2) is 0 Å². The SMILES string of the molecule is COCc1cc(CN2CC[C@]3(OC)CC[C@@H](OC)C[C@H]23)ccc1OC. The maximum Gasteiger partial charge on any atom is 0.124 e. The topological polar surface area (TPSA) is 40.2 Å². The molecule has 1 aromatic carbocycles. The summed E-state index contributed by atoms with van der Waals surface area (Å²) in [5, 5.41) is 0. The van der Waals surface area contributed by atoms with Crippen LogP contribution in [0.5, 0.6) is 5.75 Å². The summed E-state index contributed by atoms with van der Waals surface area (Å²) in [6.45, 7) is 2.56. The van der Waals surface area contributed by atoms with E-state index in [9.17, 15) is 0 Å². The van der Waals surface area contributed by atoms with E-state index in [1.54, 1.807) is 14.2 Å². The molecule has 0 amide bonds. The van der Waals surface area contributed by atoms with Crippen molar-refractivity contribution in [1.82, 2.24) is 4.90 Å². The van der Waals surface area contributed by atoms with Crippen molar-refractivity contribution < 1.29 is 18.9 Å². The monoisotopic (exact) mass is 349 g/mol. The van der Waals surface area contributed by atoms with Gasteiger partial charge >= 0.3 is 0 Å². The van der Waals surface area contributed by atoms with Crippen LogP contribution >= 0.6 is 0 Å². The highest BCUT2D eigenvalue weighted by molar-refractivity contribution is 5.37. The summed E-state index contributed by atoms with van der Waals surface area (Å²) in [6, 6.07) is 6.82. The van der Waals surface area contributed by atoms with Gasteiger partial charge in [0.15, 0.2) is 0 Å². The van der Waals surface area contributed by atoms with Gasteiger partial charge in [-0.3, -0.25) is 4.90 Å². The van der Waals surface area contributed by atoms with Gasteiger partial charge in [0.2, 0.25) is 0 Å². The predicted molar refractivity (Wildman–Crippen MR) is 96.9 cm³/mol. The highest BCUT2D eigenvalue weighted by atomic mass is 16.5. The zero-order chi connectivity index (χ0) is 17.9. The van der Waals surface area contributed by atoms with Crippen LogP contribution in [0.1, 0.15) is 36.8 Å². The lowest BCUT2D eigenvalue weighted by molar-refractivity contribution is -0.0947. The number of rotatable bonds is 7.